The van der Waals surface area contributed by atoms with Crippen LogP contribution in [0.1, 0.15) is 32.2 Å². The second-order valence-corrected chi connectivity index (χ2v) is 6.26. The zero-order valence-corrected chi connectivity index (χ0v) is 12.0. The normalized spacial score (nSPS) is 11.8. The number of aryl methyl sites for hydroxylation is 2. The third-order valence-electron chi connectivity index (χ3n) is 2.59. The average molecular weight is 277 g/mol. The van der Waals surface area contributed by atoms with Gasteiger partial charge >= 0.3 is 5.97 Å². The van der Waals surface area contributed by atoms with Gasteiger partial charge in [-0.2, -0.15) is 5.10 Å². The molecule has 0 bridgehead atoms. The van der Waals surface area contributed by atoms with Crippen molar-refractivity contribution in [1.29, 1.82) is 0 Å². The number of aliphatic carboxylic acids is 1. The Morgan fingerprint density at radius 2 is 2.18 bits per heavy atom. The highest BCUT2D eigenvalue weighted by Crippen LogP contribution is 2.31. The van der Waals surface area contributed by atoms with Gasteiger partial charge in [0.05, 0.1) is 16.4 Å². The highest BCUT2D eigenvalue weighted by Gasteiger charge is 2.28. The lowest BCUT2D eigenvalue weighted by atomic mass is 10.2. The molecule has 0 saturated carbocycles. The lowest BCUT2D eigenvalue weighted by Crippen LogP contribution is -2.27. The van der Waals surface area contributed by atoms with Crippen LogP contribution in [-0.4, -0.2) is 25.6 Å². The van der Waals surface area contributed by atoms with Gasteiger partial charge in [-0.15, -0.1) is 11.8 Å². The molecule has 0 radical (unpaired) electrons. The van der Waals surface area contributed by atoms with E-state index in [0.29, 0.717) is 10.8 Å². The number of halogens is 1. The number of carboxylic acids is 1. The van der Waals surface area contributed by atoms with Gasteiger partial charge in [0.15, 0.2) is 0 Å². The van der Waals surface area contributed by atoms with E-state index < -0.39 is 10.7 Å². The van der Waals surface area contributed by atoms with Crippen molar-refractivity contribution in [2.24, 2.45) is 7.05 Å². The highest BCUT2D eigenvalue weighted by molar-refractivity contribution is 8.00. The van der Waals surface area contributed by atoms with Crippen LogP contribution in [0.25, 0.3) is 0 Å². The summed E-state index contributed by atoms with van der Waals surface area (Å²) in [4.78, 5) is 11.0. The zero-order chi connectivity index (χ0) is 13.2. The van der Waals surface area contributed by atoms with Crippen LogP contribution >= 0.6 is 23.4 Å². The average Bonchev–Trinajstić information content (AvgIpc) is 2.51. The third kappa shape index (κ3) is 3.16. The Balaban J connectivity index is 2.83. The number of rotatable bonds is 5. The maximum Gasteiger partial charge on any atom is 0.319 e. The SMILES string of the molecule is CCc1nn(C)c(CSC(C)(C)C(=O)O)c1Cl. The monoisotopic (exact) mass is 276 g/mol. The van der Waals surface area contributed by atoms with Crippen molar-refractivity contribution in [2.45, 2.75) is 37.7 Å². The molecule has 0 aliphatic rings. The molecular formula is C11H17ClN2O2S. The van der Waals surface area contributed by atoms with Gasteiger partial charge < -0.3 is 5.11 Å². The molecule has 1 rings (SSSR count). The van der Waals surface area contributed by atoms with Gasteiger partial charge in [-0.3, -0.25) is 9.48 Å². The first-order chi connectivity index (χ1) is 7.79. The minimum Gasteiger partial charge on any atom is -0.480 e. The molecule has 1 aromatic heterocycles. The van der Waals surface area contributed by atoms with Gasteiger partial charge in [0.2, 0.25) is 0 Å². The predicted octanol–water partition coefficient (Wildman–Crippen LogP) is 2.73. The number of hydrogen-bond acceptors (Lipinski definition) is 3. The quantitative estimate of drug-likeness (QED) is 0.898. The summed E-state index contributed by atoms with van der Waals surface area (Å²) < 4.78 is 0.909. The molecule has 0 fully saturated rings. The molecule has 4 nitrogen and oxygen atoms in total. The van der Waals surface area contributed by atoms with Crippen molar-refractivity contribution in [3.63, 3.8) is 0 Å². The van der Waals surface area contributed by atoms with Crippen molar-refractivity contribution in [2.75, 3.05) is 0 Å². The van der Waals surface area contributed by atoms with E-state index in [4.69, 9.17) is 16.7 Å². The van der Waals surface area contributed by atoms with Crippen LogP contribution in [0.4, 0.5) is 0 Å². The summed E-state index contributed by atoms with van der Waals surface area (Å²) in [6.45, 7) is 5.36. The Bertz CT molecular complexity index is 429. The number of nitrogens with zero attached hydrogens (tertiary/aromatic N) is 2. The van der Waals surface area contributed by atoms with Gasteiger partial charge in [-0.1, -0.05) is 18.5 Å². The highest BCUT2D eigenvalue weighted by atomic mass is 35.5. The fourth-order valence-electron chi connectivity index (χ4n) is 1.29. The van der Waals surface area contributed by atoms with E-state index in [1.807, 2.05) is 14.0 Å². The molecule has 0 spiro atoms. The van der Waals surface area contributed by atoms with Crippen LogP contribution in [-0.2, 0) is 24.0 Å². The Hall–Kier alpha value is -0.680. The van der Waals surface area contributed by atoms with Crippen molar-refractivity contribution < 1.29 is 9.90 Å². The molecule has 1 aromatic rings. The zero-order valence-electron chi connectivity index (χ0n) is 10.5. The molecule has 0 aromatic carbocycles. The van der Waals surface area contributed by atoms with Crippen LogP contribution in [0.2, 0.25) is 5.02 Å². The molecule has 0 amide bonds. The fraction of sp³-hybridized carbons (Fsp3) is 0.636. The maximum atomic E-state index is 11.0. The molecular weight excluding hydrogens is 260 g/mol. The second-order valence-electron chi connectivity index (χ2n) is 4.29. The van der Waals surface area contributed by atoms with Crippen LogP contribution in [0.3, 0.4) is 0 Å². The summed E-state index contributed by atoms with van der Waals surface area (Å²) >= 11 is 7.54. The van der Waals surface area contributed by atoms with Gasteiger partial charge in [-0.25, -0.2) is 0 Å². The molecule has 1 N–H and O–H groups in total. The van der Waals surface area contributed by atoms with Crippen molar-refractivity contribution in [1.82, 2.24) is 9.78 Å². The number of carbonyl (C=O) groups is 1. The Kier molecular flexibility index (Phi) is 4.49. The predicted molar refractivity (Wildman–Crippen MR) is 70.6 cm³/mol. The van der Waals surface area contributed by atoms with Gasteiger partial charge in [0.25, 0.3) is 0 Å². The molecule has 0 aliphatic heterocycles. The second kappa shape index (κ2) is 5.31. The van der Waals surface area contributed by atoms with Crippen LogP contribution in [0.15, 0.2) is 0 Å². The largest absolute Gasteiger partial charge is 0.480 e. The number of carboxylic acid groups (broad SMARTS) is 1. The molecule has 96 valence electrons. The number of thioether (sulfide) groups is 1. The van der Waals surface area contributed by atoms with Crippen molar-refractivity contribution in [3.05, 3.63) is 16.4 Å². The summed E-state index contributed by atoms with van der Waals surface area (Å²) in [6.07, 6.45) is 0.777. The minimum absolute atomic E-state index is 0.543. The van der Waals surface area contributed by atoms with Crippen LogP contribution < -0.4 is 0 Å². The first-order valence-electron chi connectivity index (χ1n) is 5.37. The Morgan fingerprint density at radius 1 is 1.59 bits per heavy atom. The van der Waals surface area contributed by atoms with Crippen LogP contribution in [0.5, 0.6) is 0 Å². The summed E-state index contributed by atoms with van der Waals surface area (Å²) in [5.41, 5.74) is 1.74. The maximum absolute atomic E-state index is 11.0. The van der Waals surface area contributed by atoms with E-state index in [-0.39, 0.29) is 0 Å². The van der Waals surface area contributed by atoms with Crippen molar-refractivity contribution in [3.8, 4) is 0 Å². The fourth-order valence-corrected chi connectivity index (χ4v) is 2.68. The molecule has 0 atom stereocenters. The minimum atomic E-state index is -0.823. The van der Waals surface area contributed by atoms with Crippen LogP contribution in [0, 0.1) is 0 Å². The standard InChI is InChI=1S/C11H17ClN2O2S/c1-5-7-9(12)8(14(4)13-7)6-17-11(2,3)10(15)16/h5-6H2,1-4H3,(H,15,16). The van der Waals surface area contributed by atoms with Gasteiger partial charge in [0.1, 0.15) is 4.75 Å². The molecule has 1 heterocycles. The first kappa shape index (κ1) is 14.4. The van der Waals surface area contributed by atoms with Gasteiger partial charge in [-0.05, 0) is 20.3 Å². The lowest BCUT2D eigenvalue weighted by molar-refractivity contribution is -0.138. The molecule has 0 aliphatic carbocycles. The number of hydrogen-bond donors (Lipinski definition) is 1. The van der Waals surface area contributed by atoms with Crippen molar-refractivity contribution >= 4 is 29.3 Å². The van der Waals surface area contributed by atoms with E-state index in [9.17, 15) is 4.79 Å². The third-order valence-corrected chi connectivity index (χ3v) is 4.34. The molecule has 0 saturated heterocycles. The molecule has 0 unspecified atom stereocenters. The summed E-state index contributed by atoms with van der Waals surface area (Å²) in [6, 6.07) is 0. The summed E-state index contributed by atoms with van der Waals surface area (Å²) in [7, 11) is 1.83. The van der Waals surface area contributed by atoms with Gasteiger partial charge in [0, 0.05) is 12.8 Å². The molecule has 6 heteroatoms. The van der Waals surface area contributed by atoms with E-state index in [2.05, 4.69) is 5.10 Å². The van der Waals surface area contributed by atoms with E-state index in [1.165, 1.54) is 11.8 Å². The summed E-state index contributed by atoms with van der Waals surface area (Å²) in [5, 5.41) is 14.0. The topological polar surface area (TPSA) is 55.1 Å². The first-order valence-corrected chi connectivity index (χ1v) is 6.73. The van der Waals surface area contributed by atoms with E-state index >= 15 is 0 Å². The molecule has 17 heavy (non-hydrogen) atoms. The smallest absolute Gasteiger partial charge is 0.319 e. The van der Waals surface area contributed by atoms with E-state index in [1.54, 1.807) is 18.5 Å². The number of aromatic nitrogens is 2. The Labute approximate surface area is 110 Å². The lowest BCUT2D eigenvalue weighted by Gasteiger charge is -2.18. The Morgan fingerprint density at radius 3 is 2.59 bits per heavy atom. The van der Waals surface area contributed by atoms with E-state index in [0.717, 1.165) is 17.8 Å². The summed E-state index contributed by atoms with van der Waals surface area (Å²) in [5.74, 6) is -0.279.